The molecule has 0 unspecified atom stereocenters. The second-order valence-corrected chi connectivity index (χ2v) is 4.43. The molecule has 20 heavy (non-hydrogen) atoms. The Morgan fingerprint density at radius 2 is 1.85 bits per heavy atom. The Kier molecular flexibility index (Phi) is 4.85. The van der Waals surface area contributed by atoms with E-state index in [9.17, 15) is 5.11 Å². The van der Waals surface area contributed by atoms with Crippen LogP contribution in [-0.2, 0) is 13.2 Å². The average Bonchev–Trinajstić information content (AvgIpc) is 2.47. The molecule has 0 heterocycles. The molecule has 2 aromatic rings. The third kappa shape index (κ3) is 3.42. The van der Waals surface area contributed by atoms with Gasteiger partial charge in [0.1, 0.15) is 12.4 Å². The number of phenolic OH excluding ortho intramolecular Hbond substituents is 1. The van der Waals surface area contributed by atoms with Crippen molar-refractivity contribution in [3.8, 4) is 17.2 Å². The van der Waals surface area contributed by atoms with E-state index in [1.54, 1.807) is 19.2 Å². The van der Waals surface area contributed by atoms with Crippen LogP contribution in [0.1, 0.15) is 11.1 Å². The fourth-order valence-corrected chi connectivity index (χ4v) is 1.96. The summed E-state index contributed by atoms with van der Waals surface area (Å²) in [6.07, 6.45) is 0. The zero-order valence-corrected chi connectivity index (χ0v) is 11.7. The van der Waals surface area contributed by atoms with Gasteiger partial charge in [-0.15, -0.1) is 0 Å². The normalized spacial score (nSPS) is 10.3. The molecule has 2 aromatic carbocycles. The highest BCUT2D eigenvalue weighted by molar-refractivity contribution is 5.46. The highest BCUT2D eigenvalue weighted by Crippen LogP contribution is 2.31. The standard InChI is InChI=1S/C16H19NO3/c1-17-10-13-4-3-5-15(19-2)16(13)20-11-12-6-8-14(18)9-7-12/h3-9,17-18H,10-11H2,1-2H3. The Morgan fingerprint density at radius 1 is 1.10 bits per heavy atom. The van der Waals surface area contributed by atoms with E-state index in [2.05, 4.69) is 5.32 Å². The van der Waals surface area contributed by atoms with Crippen LogP contribution in [0.25, 0.3) is 0 Å². The van der Waals surface area contributed by atoms with Crippen LogP contribution < -0.4 is 14.8 Å². The summed E-state index contributed by atoms with van der Waals surface area (Å²) in [7, 11) is 3.52. The summed E-state index contributed by atoms with van der Waals surface area (Å²) in [6, 6.07) is 12.8. The molecule has 106 valence electrons. The number of rotatable bonds is 6. The van der Waals surface area contributed by atoms with Crippen molar-refractivity contribution in [2.24, 2.45) is 0 Å². The number of aromatic hydroxyl groups is 1. The van der Waals surface area contributed by atoms with Crippen molar-refractivity contribution in [1.82, 2.24) is 5.32 Å². The summed E-state index contributed by atoms with van der Waals surface area (Å²) in [5.41, 5.74) is 2.04. The largest absolute Gasteiger partial charge is 0.508 e. The summed E-state index contributed by atoms with van der Waals surface area (Å²) >= 11 is 0. The van der Waals surface area contributed by atoms with Crippen LogP contribution in [0.15, 0.2) is 42.5 Å². The number of hydrogen-bond donors (Lipinski definition) is 2. The van der Waals surface area contributed by atoms with Gasteiger partial charge in [0.2, 0.25) is 0 Å². The minimum atomic E-state index is 0.252. The predicted molar refractivity (Wildman–Crippen MR) is 78.2 cm³/mol. The molecule has 0 aliphatic carbocycles. The van der Waals surface area contributed by atoms with Gasteiger partial charge >= 0.3 is 0 Å². The first-order valence-electron chi connectivity index (χ1n) is 6.45. The Labute approximate surface area is 119 Å². The third-order valence-corrected chi connectivity index (χ3v) is 2.97. The topological polar surface area (TPSA) is 50.7 Å². The van der Waals surface area contributed by atoms with Crippen molar-refractivity contribution in [1.29, 1.82) is 0 Å². The molecule has 2 rings (SSSR count). The first-order valence-corrected chi connectivity index (χ1v) is 6.45. The van der Waals surface area contributed by atoms with Crippen molar-refractivity contribution in [3.63, 3.8) is 0 Å². The molecule has 2 N–H and O–H groups in total. The maximum absolute atomic E-state index is 9.27. The maximum Gasteiger partial charge on any atom is 0.166 e. The molecule has 4 nitrogen and oxygen atoms in total. The van der Waals surface area contributed by atoms with E-state index in [1.807, 2.05) is 37.4 Å². The van der Waals surface area contributed by atoms with Crippen LogP contribution in [0.2, 0.25) is 0 Å². The van der Waals surface area contributed by atoms with Crippen LogP contribution in [0, 0.1) is 0 Å². The fraction of sp³-hybridized carbons (Fsp3) is 0.250. The van der Waals surface area contributed by atoms with Gasteiger partial charge in [-0.3, -0.25) is 0 Å². The zero-order chi connectivity index (χ0) is 14.4. The Morgan fingerprint density at radius 3 is 2.50 bits per heavy atom. The van der Waals surface area contributed by atoms with E-state index in [4.69, 9.17) is 9.47 Å². The van der Waals surface area contributed by atoms with Crippen LogP contribution in [0.3, 0.4) is 0 Å². The van der Waals surface area contributed by atoms with E-state index in [-0.39, 0.29) is 5.75 Å². The molecule has 4 heteroatoms. The number of phenols is 1. The first-order chi connectivity index (χ1) is 9.74. The van der Waals surface area contributed by atoms with E-state index < -0.39 is 0 Å². The van der Waals surface area contributed by atoms with Crippen molar-refractivity contribution in [2.75, 3.05) is 14.2 Å². The van der Waals surface area contributed by atoms with E-state index in [0.29, 0.717) is 13.2 Å². The van der Waals surface area contributed by atoms with Gasteiger partial charge in [-0.2, -0.15) is 0 Å². The van der Waals surface area contributed by atoms with Gasteiger partial charge in [-0.05, 0) is 30.8 Å². The number of hydrogen-bond acceptors (Lipinski definition) is 4. The molecule has 0 amide bonds. The first kappa shape index (κ1) is 14.2. The van der Waals surface area contributed by atoms with Gasteiger partial charge in [-0.1, -0.05) is 24.3 Å². The lowest BCUT2D eigenvalue weighted by Crippen LogP contribution is -2.08. The number of para-hydroxylation sites is 1. The summed E-state index contributed by atoms with van der Waals surface area (Å²) in [4.78, 5) is 0. The number of nitrogens with one attached hydrogen (secondary N) is 1. The summed E-state index contributed by atoms with van der Waals surface area (Å²) in [5.74, 6) is 1.72. The van der Waals surface area contributed by atoms with Crippen molar-refractivity contribution in [3.05, 3.63) is 53.6 Å². The molecule has 0 saturated carbocycles. The smallest absolute Gasteiger partial charge is 0.166 e. The number of ether oxygens (including phenoxy) is 2. The summed E-state index contributed by atoms with van der Waals surface area (Å²) < 4.78 is 11.2. The third-order valence-electron chi connectivity index (χ3n) is 2.97. The Hall–Kier alpha value is -2.20. The fourth-order valence-electron chi connectivity index (χ4n) is 1.96. The SMILES string of the molecule is CNCc1cccc(OC)c1OCc1ccc(O)cc1. The van der Waals surface area contributed by atoms with Crippen LogP contribution in [0.4, 0.5) is 0 Å². The Balaban J connectivity index is 2.16. The molecule has 0 spiro atoms. The molecule has 0 aliphatic heterocycles. The molecule has 0 aromatic heterocycles. The predicted octanol–water partition coefficient (Wildman–Crippen LogP) is 2.70. The maximum atomic E-state index is 9.27. The van der Waals surface area contributed by atoms with Crippen LogP contribution in [0.5, 0.6) is 17.2 Å². The quantitative estimate of drug-likeness (QED) is 0.849. The second kappa shape index (κ2) is 6.82. The van der Waals surface area contributed by atoms with Crippen LogP contribution >= 0.6 is 0 Å². The monoisotopic (exact) mass is 273 g/mol. The van der Waals surface area contributed by atoms with Gasteiger partial charge in [0.25, 0.3) is 0 Å². The molecule has 0 aliphatic rings. The number of benzene rings is 2. The van der Waals surface area contributed by atoms with Crippen molar-refractivity contribution >= 4 is 0 Å². The zero-order valence-electron chi connectivity index (χ0n) is 11.7. The van der Waals surface area contributed by atoms with Gasteiger partial charge in [0, 0.05) is 12.1 Å². The van der Waals surface area contributed by atoms with E-state index in [1.165, 1.54) is 0 Å². The minimum absolute atomic E-state index is 0.252. The average molecular weight is 273 g/mol. The minimum Gasteiger partial charge on any atom is -0.508 e. The Bertz CT molecular complexity index is 552. The van der Waals surface area contributed by atoms with Crippen molar-refractivity contribution < 1.29 is 14.6 Å². The molecule has 0 fully saturated rings. The molecule has 0 bridgehead atoms. The molecular weight excluding hydrogens is 254 g/mol. The van der Waals surface area contributed by atoms with E-state index in [0.717, 1.165) is 22.6 Å². The highest BCUT2D eigenvalue weighted by Gasteiger charge is 2.10. The van der Waals surface area contributed by atoms with Gasteiger partial charge in [0.15, 0.2) is 11.5 Å². The molecule has 0 radical (unpaired) electrons. The summed E-state index contributed by atoms with van der Waals surface area (Å²) in [5, 5.41) is 12.4. The lowest BCUT2D eigenvalue weighted by molar-refractivity contribution is 0.281. The molecular formula is C16H19NO3. The highest BCUT2D eigenvalue weighted by atomic mass is 16.5. The molecule has 0 saturated heterocycles. The lowest BCUT2D eigenvalue weighted by atomic mass is 10.1. The number of methoxy groups -OCH3 is 1. The van der Waals surface area contributed by atoms with Crippen LogP contribution in [-0.4, -0.2) is 19.3 Å². The van der Waals surface area contributed by atoms with E-state index >= 15 is 0 Å². The van der Waals surface area contributed by atoms with Gasteiger partial charge < -0.3 is 19.9 Å². The summed E-state index contributed by atoms with van der Waals surface area (Å²) in [6.45, 7) is 1.14. The van der Waals surface area contributed by atoms with Crippen molar-refractivity contribution in [2.45, 2.75) is 13.2 Å². The lowest BCUT2D eigenvalue weighted by Gasteiger charge is -2.15. The van der Waals surface area contributed by atoms with Gasteiger partial charge in [0.05, 0.1) is 7.11 Å². The molecule has 0 atom stereocenters. The second-order valence-electron chi connectivity index (χ2n) is 4.43. The van der Waals surface area contributed by atoms with Gasteiger partial charge in [-0.25, -0.2) is 0 Å².